The van der Waals surface area contributed by atoms with Gasteiger partial charge < -0.3 is 9.47 Å². The zero-order valence-corrected chi connectivity index (χ0v) is 12.8. The van der Waals surface area contributed by atoms with Gasteiger partial charge in [-0.25, -0.2) is 0 Å². The normalized spacial score (nSPS) is 10.3. The van der Waals surface area contributed by atoms with Crippen LogP contribution in [0.25, 0.3) is 0 Å². The molecule has 110 valence electrons. The second kappa shape index (κ2) is 6.39. The van der Waals surface area contributed by atoms with E-state index >= 15 is 0 Å². The lowest BCUT2D eigenvalue weighted by Crippen LogP contribution is -2.02. The fourth-order valence-corrected chi connectivity index (χ4v) is 2.18. The molecule has 0 spiro atoms. The summed E-state index contributed by atoms with van der Waals surface area (Å²) < 4.78 is 11.2. The van der Waals surface area contributed by atoms with Gasteiger partial charge in [-0.2, -0.15) is 0 Å². The van der Waals surface area contributed by atoms with Crippen molar-refractivity contribution in [1.82, 2.24) is 4.98 Å². The molecule has 21 heavy (non-hydrogen) atoms. The van der Waals surface area contributed by atoms with Crippen LogP contribution >= 0.6 is 0 Å². The summed E-state index contributed by atoms with van der Waals surface area (Å²) in [7, 11) is 1.54. The largest absolute Gasteiger partial charge is 0.496 e. The second-order valence-corrected chi connectivity index (χ2v) is 4.74. The van der Waals surface area contributed by atoms with Gasteiger partial charge in [0.05, 0.1) is 12.8 Å². The molecule has 2 rings (SSSR count). The van der Waals surface area contributed by atoms with Crippen LogP contribution in [0.2, 0.25) is 0 Å². The first-order chi connectivity index (χ1) is 10.1. The van der Waals surface area contributed by atoms with Gasteiger partial charge in [-0.05, 0) is 44.5 Å². The number of hydrogen-bond acceptors (Lipinski definition) is 4. The van der Waals surface area contributed by atoms with Gasteiger partial charge >= 0.3 is 0 Å². The Balaban J connectivity index is 2.47. The van der Waals surface area contributed by atoms with Gasteiger partial charge in [0, 0.05) is 5.69 Å². The van der Waals surface area contributed by atoms with E-state index in [0.29, 0.717) is 22.8 Å². The summed E-state index contributed by atoms with van der Waals surface area (Å²) in [4.78, 5) is 16.3. The van der Waals surface area contributed by atoms with Crippen molar-refractivity contribution in [3.8, 4) is 17.2 Å². The van der Waals surface area contributed by atoms with E-state index in [1.54, 1.807) is 18.2 Å². The van der Waals surface area contributed by atoms with E-state index in [2.05, 4.69) is 4.98 Å². The first-order valence-electron chi connectivity index (χ1n) is 6.89. The standard InChI is InChI=1S/C17H19NO3/c1-5-13-14(10-9-11(2)18-13)21-16-8-6-7-15(20-4)17(16)12(3)19/h6-10H,5H2,1-4H3. The van der Waals surface area contributed by atoms with Crippen molar-refractivity contribution in [3.05, 3.63) is 47.3 Å². The molecule has 0 radical (unpaired) electrons. The van der Waals surface area contributed by atoms with E-state index in [-0.39, 0.29) is 5.78 Å². The molecule has 0 aliphatic carbocycles. The van der Waals surface area contributed by atoms with Gasteiger partial charge in [-0.3, -0.25) is 9.78 Å². The summed E-state index contributed by atoms with van der Waals surface area (Å²) in [6.45, 7) is 5.46. The van der Waals surface area contributed by atoms with Crippen LogP contribution in [-0.4, -0.2) is 17.9 Å². The first kappa shape index (κ1) is 15.0. The Morgan fingerprint density at radius 2 is 1.86 bits per heavy atom. The minimum absolute atomic E-state index is 0.0967. The Bertz CT molecular complexity index is 665. The number of nitrogens with zero attached hydrogens (tertiary/aromatic N) is 1. The smallest absolute Gasteiger partial charge is 0.167 e. The van der Waals surface area contributed by atoms with Gasteiger partial charge in [0.25, 0.3) is 0 Å². The van der Waals surface area contributed by atoms with Crippen LogP contribution in [0, 0.1) is 6.92 Å². The molecule has 0 bridgehead atoms. The Labute approximate surface area is 124 Å². The molecule has 0 saturated heterocycles. The van der Waals surface area contributed by atoms with E-state index in [0.717, 1.165) is 17.8 Å². The van der Waals surface area contributed by atoms with Crippen molar-refractivity contribution in [2.24, 2.45) is 0 Å². The molecule has 0 fully saturated rings. The zero-order chi connectivity index (χ0) is 15.4. The third kappa shape index (κ3) is 3.21. The predicted molar refractivity (Wildman–Crippen MR) is 81.4 cm³/mol. The molecule has 0 atom stereocenters. The van der Waals surface area contributed by atoms with E-state index in [1.165, 1.54) is 14.0 Å². The lowest BCUT2D eigenvalue weighted by molar-refractivity contribution is 0.101. The third-order valence-electron chi connectivity index (χ3n) is 3.19. The number of pyridine rings is 1. The maximum Gasteiger partial charge on any atom is 0.167 e. The van der Waals surface area contributed by atoms with Crippen LogP contribution in [0.1, 0.15) is 35.6 Å². The predicted octanol–water partition coefficient (Wildman–Crippen LogP) is 3.96. The number of ether oxygens (including phenoxy) is 2. The number of benzene rings is 1. The first-order valence-corrected chi connectivity index (χ1v) is 6.89. The highest BCUT2D eigenvalue weighted by Gasteiger charge is 2.16. The lowest BCUT2D eigenvalue weighted by atomic mass is 10.1. The average molecular weight is 285 g/mol. The molecule has 0 unspecified atom stereocenters. The van der Waals surface area contributed by atoms with E-state index in [1.807, 2.05) is 26.0 Å². The summed E-state index contributed by atoms with van der Waals surface area (Å²) in [5.74, 6) is 1.57. The number of carbonyl (C=O) groups is 1. The highest BCUT2D eigenvalue weighted by atomic mass is 16.5. The van der Waals surface area contributed by atoms with E-state index < -0.39 is 0 Å². The molecule has 2 aromatic rings. The number of carbonyl (C=O) groups excluding carboxylic acids is 1. The molecule has 0 saturated carbocycles. The highest BCUT2D eigenvalue weighted by Crippen LogP contribution is 2.33. The van der Waals surface area contributed by atoms with E-state index in [4.69, 9.17) is 9.47 Å². The Morgan fingerprint density at radius 1 is 1.14 bits per heavy atom. The van der Waals surface area contributed by atoms with Crippen molar-refractivity contribution in [1.29, 1.82) is 0 Å². The monoisotopic (exact) mass is 285 g/mol. The Kier molecular flexibility index (Phi) is 4.58. The van der Waals surface area contributed by atoms with Crippen LogP contribution in [-0.2, 0) is 6.42 Å². The fourth-order valence-electron chi connectivity index (χ4n) is 2.18. The van der Waals surface area contributed by atoms with Crippen LogP contribution < -0.4 is 9.47 Å². The Hall–Kier alpha value is -2.36. The molecule has 0 amide bonds. The lowest BCUT2D eigenvalue weighted by Gasteiger charge is -2.14. The zero-order valence-electron chi connectivity index (χ0n) is 12.8. The third-order valence-corrected chi connectivity index (χ3v) is 3.19. The SMILES string of the molecule is CCc1nc(C)ccc1Oc1cccc(OC)c1C(C)=O. The number of Topliss-reactive ketones (excluding diaryl/α,β-unsaturated/α-hetero) is 1. The number of aromatic nitrogens is 1. The van der Waals surface area contributed by atoms with Gasteiger partial charge in [0.1, 0.15) is 22.8 Å². The maximum atomic E-state index is 11.9. The van der Waals surface area contributed by atoms with Crippen molar-refractivity contribution in [2.45, 2.75) is 27.2 Å². The molecule has 1 aromatic heterocycles. The minimum atomic E-state index is -0.0967. The summed E-state index contributed by atoms with van der Waals surface area (Å²) >= 11 is 0. The minimum Gasteiger partial charge on any atom is -0.496 e. The van der Waals surface area contributed by atoms with Crippen molar-refractivity contribution < 1.29 is 14.3 Å². The molecular formula is C17H19NO3. The molecule has 1 heterocycles. The molecule has 0 aliphatic heterocycles. The van der Waals surface area contributed by atoms with E-state index in [9.17, 15) is 4.79 Å². The molecule has 4 nitrogen and oxygen atoms in total. The highest BCUT2D eigenvalue weighted by molar-refractivity contribution is 5.99. The molecule has 0 aliphatic rings. The van der Waals surface area contributed by atoms with Crippen LogP contribution in [0.5, 0.6) is 17.2 Å². The number of ketones is 1. The van der Waals surface area contributed by atoms with Crippen LogP contribution in [0.4, 0.5) is 0 Å². The maximum absolute atomic E-state index is 11.9. The summed E-state index contributed by atoms with van der Waals surface area (Å²) in [6, 6.07) is 9.08. The van der Waals surface area contributed by atoms with Crippen molar-refractivity contribution >= 4 is 5.78 Å². The summed E-state index contributed by atoms with van der Waals surface area (Å²) in [5, 5.41) is 0. The number of rotatable bonds is 5. The van der Waals surface area contributed by atoms with Crippen LogP contribution in [0.15, 0.2) is 30.3 Å². The fraction of sp³-hybridized carbons (Fsp3) is 0.294. The summed E-state index contributed by atoms with van der Waals surface area (Å²) in [5.41, 5.74) is 2.26. The van der Waals surface area contributed by atoms with Gasteiger partial charge in [0.15, 0.2) is 5.78 Å². The van der Waals surface area contributed by atoms with Gasteiger partial charge in [0.2, 0.25) is 0 Å². The molecule has 4 heteroatoms. The van der Waals surface area contributed by atoms with Crippen LogP contribution in [0.3, 0.4) is 0 Å². The van der Waals surface area contributed by atoms with Crippen molar-refractivity contribution in [3.63, 3.8) is 0 Å². The molecule has 0 N–H and O–H groups in total. The van der Waals surface area contributed by atoms with Gasteiger partial charge in [-0.1, -0.05) is 13.0 Å². The molecular weight excluding hydrogens is 266 g/mol. The summed E-state index contributed by atoms with van der Waals surface area (Å²) in [6.07, 6.45) is 0.760. The Morgan fingerprint density at radius 3 is 2.48 bits per heavy atom. The second-order valence-electron chi connectivity index (χ2n) is 4.74. The number of hydrogen-bond donors (Lipinski definition) is 0. The molecule has 1 aromatic carbocycles. The average Bonchev–Trinajstić information content (AvgIpc) is 2.48. The topological polar surface area (TPSA) is 48.4 Å². The number of aryl methyl sites for hydroxylation is 2. The quantitative estimate of drug-likeness (QED) is 0.780. The number of methoxy groups -OCH3 is 1. The van der Waals surface area contributed by atoms with Crippen molar-refractivity contribution in [2.75, 3.05) is 7.11 Å². The van der Waals surface area contributed by atoms with Gasteiger partial charge in [-0.15, -0.1) is 0 Å².